The number of thioether (sulfide) groups is 1. The second kappa shape index (κ2) is 5.85. The fourth-order valence-electron chi connectivity index (χ4n) is 1.89. The first-order valence-electron chi connectivity index (χ1n) is 6.40. The molecule has 7 heteroatoms. The van der Waals surface area contributed by atoms with Gasteiger partial charge in [0, 0.05) is 11.2 Å². The van der Waals surface area contributed by atoms with E-state index in [1.807, 2.05) is 24.4 Å². The Hall–Kier alpha value is -0.890. The lowest BCUT2D eigenvalue weighted by atomic mass is 9.90. The molecule has 1 unspecified atom stereocenters. The van der Waals surface area contributed by atoms with Gasteiger partial charge in [0.2, 0.25) is 11.7 Å². The van der Waals surface area contributed by atoms with Crippen LogP contribution in [-0.2, 0) is 4.74 Å². The van der Waals surface area contributed by atoms with Gasteiger partial charge in [-0.25, -0.2) is 0 Å². The molecule has 2 aromatic heterocycles. The molecule has 0 spiro atoms. The molecule has 1 atom stereocenters. The maximum absolute atomic E-state index is 9.41. The van der Waals surface area contributed by atoms with Crippen LogP contribution in [0.2, 0.25) is 0 Å². The van der Waals surface area contributed by atoms with Gasteiger partial charge in [0.15, 0.2) is 0 Å². The zero-order valence-electron chi connectivity index (χ0n) is 11.1. The molecule has 2 aromatic rings. The van der Waals surface area contributed by atoms with E-state index >= 15 is 0 Å². The molecule has 20 heavy (non-hydrogen) atoms. The summed E-state index contributed by atoms with van der Waals surface area (Å²) in [5.41, 5.74) is -0.0878. The lowest BCUT2D eigenvalue weighted by Crippen LogP contribution is -2.47. The zero-order chi connectivity index (χ0) is 14.0. The van der Waals surface area contributed by atoms with Gasteiger partial charge in [-0.1, -0.05) is 11.2 Å². The summed E-state index contributed by atoms with van der Waals surface area (Å²) in [5.74, 6) is 2.11. The van der Waals surface area contributed by atoms with Crippen LogP contribution in [0.25, 0.3) is 10.7 Å². The number of ether oxygens (including phenoxy) is 1. The van der Waals surface area contributed by atoms with Gasteiger partial charge in [0.05, 0.1) is 29.9 Å². The van der Waals surface area contributed by atoms with Crippen molar-refractivity contribution in [3.63, 3.8) is 0 Å². The Morgan fingerprint density at radius 3 is 3.00 bits per heavy atom. The van der Waals surface area contributed by atoms with E-state index in [1.165, 1.54) is 0 Å². The van der Waals surface area contributed by atoms with Crippen LogP contribution in [0.1, 0.15) is 18.1 Å². The number of nitrogens with zero attached hydrogens (tertiary/aromatic N) is 2. The van der Waals surface area contributed by atoms with Crippen LogP contribution < -0.4 is 0 Å². The van der Waals surface area contributed by atoms with Crippen LogP contribution in [0.3, 0.4) is 0 Å². The average molecular weight is 312 g/mol. The first kappa shape index (κ1) is 14.1. The standard InChI is InChI=1S/C13H16N2O3S2/c1-9(20-8-13(5-16)6-17-7-13)12-14-11(15-18-12)10-3-2-4-19-10/h2-4,9,16H,5-8H2,1H3. The second-order valence-electron chi connectivity index (χ2n) is 5.04. The number of hydrogen-bond acceptors (Lipinski definition) is 7. The van der Waals surface area contributed by atoms with E-state index in [1.54, 1.807) is 23.1 Å². The molecule has 0 aromatic carbocycles. The highest BCUT2D eigenvalue weighted by atomic mass is 32.2. The molecule has 0 radical (unpaired) electrons. The van der Waals surface area contributed by atoms with Gasteiger partial charge in [-0.05, 0) is 18.4 Å². The smallest absolute Gasteiger partial charge is 0.239 e. The van der Waals surface area contributed by atoms with Crippen molar-refractivity contribution >= 4 is 23.1 Å². The molecule has 3 rings (SSSR count). The first-order chi connectivity index (χ1) is 9.72. The largest absolute Gasteiger partial charge is 0.396 e. The quantitative estimate of drug-likeness (QED) is 0.884. The summed E-state index contributed by atoms with van der Waals surface area (Å²) in [6, 6.07) is 3.94. The van der Waals surface area contributed by atoms with Crippen LogP contribution >= 0.6 is 23.1 Å². The molecule has 0 aliphatic carbocycles. The van der Waals surface area contributed by atoms with E-state index in [2.05, 4.69) is 10.1 Å². The van der Waals surface area contributed by atoms with E-state index in [9.17, 15) is 5.11 Å². The lowest BCUT2D eigenvalue weighted by molar-refractivity contribution is -0.121. The molecule has 3 heterocycles. The van der Waals surface area contributed by atoms with Crippen LogP contribution in [0.4, 0.5) is 0 Å². The fourth-order valence-corrected chi connectivity index (χ4v) is 3.64. The molecule has 1 aliphatic heterocycles. The molecule has 1 aliphatic rings. The molecule has 0 bridgehead atoms. The van der Waals surface area contributed by atoms with E-state index < -0.39 is 0 Å². The minimum absolute atomic E-state index is 0.0878. The molecular weight excluding hydrogens is 296 g/mol. The number of aromatic nitrogens is 2. The van der Waals surface area contributed by atoms with Crippen molar-refractivity contribution in [2.75, 3.05) is 25.6 Å². The van der Waals surface area contributed by atoms with E-state index in [0.29, 0.717) is 24.9 Å². The van der Waals surface area contributed by atoms with E-state index in [-0.39, 0.29) is 17.3 Å². The number of aliphatic hydroxyl groups is 1. The van der Waals surface area contributed by atoms with Gasteiger partial charge in [-0.3, -0.25) is 0 Å². The first-order valence-corrected chi connectivity index (χ1v) is 8.33. The van der Waals surface area contributed by atoms with Gasteiger partial charge in [0.1, 0.15) is 0 Å². The predicted octanol–water partition coefficient (Wildman–Crippen LogP) is 2.60. The maximum atomic E-state index is 9.41. The number of thiophene rings is 1. The minimum Gasteiger partial charge on any atom is -0.396 e. The third kappa shape index (κ3) is 2.76. The third-order valence-corrected chi connectivity index (χ3v) is 5.67. The Labute approximate surface area is 125 Å². The van der Waals surface area contributed by atoms with Crippen LogP contribution in [-0.4, -0.2) is 40.8 Å². The molecule has 1 N–H and O–H groups in total. The normalized spacial score (nSPS) is 18.7. The Bertz CT molecular complexity index is 546. The molecular formula is C13H16N2O3S2. The van der Waals surface area contributed by atoms with Crippen molar-refractivity contribution in [1.29, 1.82) is 0 Å². The summed E-state index contributed by atoms with van der Waals surface area (Å²) in [6.45, 7) is 3.47. The van der Waals surface area contributed by atoms with Crippen molar-refractivity contribution in [3.05, 3.63) is 23.4 Å². The average Bonchev–Trinajstić information content (AvgIpc) is 3.08. The van der Waals surface area contributed by atoms with Crippen LogP contribution in [0.5, 0.6) is 0 Å². The topological polar surface area (TPSA) is 68.4 Å². The number of aliphatic hydroxyl groups excluding tert-OH is 1. The maximum Gasteiger partial charge on any atom is 0.239 e. The summed E-state index contributed by atoms with van der Waals surface area (Å²) < 4.78 is 10.5. The van der Waals surface area contributed by atoms with Gasteiger partial charge >= 0.3 is 0 Å². The van der Waals surface area contributed by atoms with Gasteiger partial charge in [-0.15, -0.1) is 23.1 Å². The number of hydrogen-bond donors (Lipinski definition) is 1. The fraction of sp³-hybridized carbons (Fsp3) is 0.538. The monoisotopic (exact) mass is 312 g/mol. The predicted molar refractivity (Wildman–Crippen MR) is 78.8 cm³/mol. The minimum atomic E-state index is -0.0878. The van der Waals surface area contributed by atoms with Crippen molar-refractivity contribution in [2.45, 2.75) is 12.2 Å². The highest BCUT2D eigenvalue weighted by Crippen LogP contribution is 2.37. The Kier molecular flexibility index (Phi) is 4.11. The van der Waals surface area contributed by atoms with Crippen LogP contribution in [0.15, 0.2) is 22.0 Å². The van der Waals surface area contributed by atoms with Gasteiger partial charge in [0.25, 0.3) is 0 Å². The van der Waals surface area contributed by atoms with E-state index in [4.69, 9.17) is 9.26 Å². The molecule has 0 saturated carbocycles. The van der Waals surface area contributed by atoms with Gasteiger partial charge < -0.3 is 14.4 Å². The highest BCUT2D eigenvalue weighted by molar-refractivity contribution is 7.99. The second-order valence-corrected chi connectivity index (χ2v) is 7.31. The number of rotatable bonds is 6. The molecule has 1 fully saturated rings. The SMILES string of the molecule is CC(SCC1(CO)COC1)c1nc(-c2cccs2)no1. The Morgan fingerprint density at radius 2 is 2.40 bits per heavy atom. The van der Waals surface area contributed by atoms with Gasteiger partial charge in [-0.2, -0.15) is 4.98 Å². The molecule has 108 valence electrons. The highest BCUT2D eigenvalue weighted by Gasteiger charge is 2.38. The van der Waals surface area contributed by atoms with Crippen molar-refractivity contribution in [3.8, 4) is 10.7 Å². The Balaban J connectivity index is 1.61. The summed E-state index contributed by atoms with van der Waals surface area (Å²) in [7, 11) is 0. The van der Waals surface area contributed by atoms with E-state index in [0.717, 1.165) is 10.6 Å². The van der Waals surface area contributed by atoms with Crippen molar-refractivity contribution in [1.82, 2.24) is 10.1 Å². The Morgan fingerprint density at radius 1 is 1.55 bits per heavy atom. The summed E-state index contributed by atoms with van der Waals surface area (Å²) in [4.78, 5) is 5.45. The summed E-state index contributed by atoms with van der Waals surface area (Å²) >= 11 is 3.31. The summed E-state index contributed by atoms with van der Waals surface area (Å²) in [6.07, 6.45) is 0. The molecule has 0 amide bonds. The summed E-state index contributed by atoms with van der Waals surface area (Å²) in [5, 5.41) is 15.5. The molecule has 1 saturated heterocycles. The van der Waals surface area contributed by atoms with Crippen molar-refractivity contribution < 1.29 is 14.4 Å². The lowest BCUT2D eigenvalue weighted by Gasteiger charge is -2.39. The molecule has 5 nitrogen and oxygen atoms in total. The van der Waals surface area contributed by atoms with Crippen molar-refractivity contribution in [2.24, 2.45) is 5.41 Å². The third-order valence-electron chi connectivity index (χ3n) is 3.32. The van der Waals surface area contributed by atoms with Crippen LogP contribution in [0, 0.1) is 5.41 Å². The zero-order valence-corrected chi connectivity index (χ0v) is 12.7.